The fraction of sp³-hybridized carbons (Fsp3) is 0.333. The number of fused-ring (bicyclic) bond motifs is 1. The minimum Gasteiger partial charge on any atom is -0.481 e. The maximum Gasteiger partial charge on any atom is 0.213 e. The Morgan fingerprint density at radius 1 is 1.26 bits per heavy atom. The summed E-state index contributed by atoms with van der Waals surface area (Å²) in [5.41, 5.74) is 3.53. The van der Waals surface area contributed by atoms with Gasteiger partial charge in [0.25, 0.3) is 0 Å². The van der Waals surface area contributed by atoms with E-state index in [1.807, 2.05) is 24.4 Å². The van der Waals surface area contributed by atoms with Gasteiger partial charge in [0.15, 0.2) is 0 Å². The van der Waals surface area contributed by atoms with E-state index >= 15 is 0 Å². The Labute approximate surface area is 112 Å². The first-order valence-corrected chi connectivity index (χ1v) is 6.57. The monoisotopic (exact) mass is 255 g/mol. The van der Waals surface area contributed by atoms with Gasteiger partial charge in [0.05, 0.1) is 30.7 Å². The molecule has 0 aliphatic heterocycles. The van der Waals surface area contributed by atoms with Crippen molar-refractivity contribution in [1.29, 1.82) is 0 Å². The number of aryl methyl sites for hydroxylation is 1. The molecule has 0 bridgehead atoms. The highest BCUT2D eigenvalue weighted by Crippen LogP contribution is 2.30. The van der Waals surface area contributed by atoms with Crippen LogP contribution in [0.4, 0.5) is 5.69 Å². The first-order chi connectivity index (χ1) is 9.36. The number of ether oxygens (including phenoxy) is 1. The molecular weight excluding hydrogens is 238 g/mol. The fourth-order valence-electron chi connectivity index (χ4n) is 2.54. The number of pyridine rings is 2. The number of methoxy groups -OCH3 is 1. The van der Waals surface area contributed by atoms with E-state index in [1.165, 1.54) is 17.7 Å². The van der Waals surface area contributed by atoms with Crippen LogP contribution in [-0.2, 0) is 6.42 Å². The van der Waals surface area contributed by atoms with E-state index in [-0.39, 0.29) is 6.04 Å². The normalized spacial score (nSPS) is 17.6. The Kier molecular flexibility index (Phi) is 3.31. The summed E-state index contributed by atoms with van der Waals surface area (Å²) in [6, 6.07) is 8.31. The van der Waals surface area contributed by atoms with Crippen molar-refractivity contribution >= 4 is 5.69 Å². The van der Waals surface area contributed by atoms with E-state index in [0.29, 0.717) is 5.88 Å². The Hall–Kier alpha value is -2.10. The molecule has 2 heterocycles. The molecule has 1 aliphatic carbocycles. The van der Waals surface area contributed by atoms with Crippen molar-refractivity contribution in [2.24, 2.45) is 0 Å². The van der Waals surface area contributed by atoms with Gasteiger partial charge in [-0.1, -0.05) is 6.07 Å². The highest BCUT2D eigenvalue weighted by molar-refractivity contribution is 5.45. The zero-order valence-corrected chi connectivity index (χ0v) is 11.0. The first-order valence-electron chi connectivity index (χ1n) is 6.57. The Morgan fingerprint density at radius 2 is 2.21 bits per heavy atom. The zero-order valence-electron chi connectivity index (χ0n) is 11.0. The van der Waals surface area contributed by atoms with Gasteiger partial charge < -0.3 is 10.1 Å². The summed E-state index contributed by atoms with van der Waals surface area (Å²) in [5, 5.41) is 3.51. The number of nitrogens with zero attached hydrogens (tertiary/aromatic N) is 2. The van der Waals surface area contributed by atoms with Crippen LogP contribution in [0.1, 0.15) is 30.1 Å². The van der Waals surface area contributed by atoms with Crippen LogP contribution in [-0.4, -0.2) is 17.1 Å². The molecule has 2 aromatic heterocycles. The summed E-state index contributed by atoms with van der Waals surface area (Å²) in [4.78, 5) is 8.74. The van der Waals surface area contributed by atoms with Gasteiger partial charge in [0, 0.05) is 12.3 Å². The molecule has 0 amide bonds. The van der Waals surface area contributed by atoms with E-state index in [1.54, 1.807) is 13.3 Å². The van der Waals surface area contributed by atoms with Crippen LogP contribution >= 0.6 is 0 Å². The van der Waals surface area contributed by atoms with E-state index in [2.05, 4.69) is 21.4 Å². The van der Waals surface area contributed by atoms with Gasteiger partial charge in [-0.05, 0) is 37.0 Å². The highest BCUT2D eigenvalue weighted by Gasteiger charge is 2.20. The summed E-state index contributed by atoms with van der Waals surface area (Å²) >= 11 is 0. The van der Waals surface area contributed by atoms with Crippen LogP contribution in [0.15, 0.2) is 36.7 Å². The summed E-state index contributed by atoms with van der Waals surface area (Å²) in [7, 11) is 1.62. The van der Waals surface area contributed by atoms with Crippen molar-refractivity contribution in [1.82, 2.24) is 9.97 Å². The molecule has 1 unspecified atom stereocenters. The fourth-order valence-corrected chi connectivity index (χ4v) is 2.54. The van der Waals surface area contributed by atoms with E-state index in [4.69, 9.17) is 4.74 Å². The predicted octanol–water partition coefficient (Wildman–Crippen LogP) is 2.97. The van der Waals surface area contributed by atoms with Crippen LogP contribution in [0.3, 0.4) is 0 Å². The summed E-state index contributed by atoms with van der Waals surface area (Å²) in [6.07, 6.45) is 7.10. The van der Waals surface area contributed by atoms with Crippen molar-refractivity contribution < 1.29 is 4.74 Å². The summed E-state index contributed by atoms with van der Waals surface area (Å²) in [5.74, 6) is 0.632. The largest absolute Gasteiger partial charge is 0.481 e. The Balaban J connectivity index is 1.80. The quantitative estimate of drug-likeness (QED) is 0.916. The Bertz CT molecular complexity index is 554. The lowest BCUT2D eigenvalue weighted by Gasteiger charge is -2.25. The molecule has 1 N–H and O–H groups in total. The van der Waals surface area contributed by atoms with Crippen molar-refractivity contribution in [3.05, 3.63) is 47.9 Å². The molecule has 0 radical (unpaired) electrons. The lowest BCUT2D eigenvalue weighted by atomic mass is 9.92. The van der Waals surface area contributed by atoms with Crippen LogP contribution in [0.2, 0.25) is 0 Å². The second-order valence-corrected chi connectivity index (χ2v) is 4.73. The molecule has 19 heavy (non-hydrogen) atoms. The van der Waals surface area contributed by atoms with E-state index in [0.717, 1.165) is 18.5 Å². The molecule has 3 rings (SSSR count). The van der Waals surface area contributed by atoms with Gasteiger partial charge in [0.2, 0.25) is 5.88 Å². The number of rotatable bonds is 3. The maximum atomic E-state index is 5.06. The first kappa shape index (κ1) is 12.0. The molecule has 98 valence electrons. The number of anilines is 1. The van der Waals surface area contributed by atoms with Gasteiger partial charge in [-0.25, -0.2) is 4.98 Å². The second kappa shape index (κ2) is 5.26. The van der Waals surface area contributed by atoms with Gasteiger partial charge in [-0.3, -0.25) is 4.98 Å². The molecule has 2 aromatic rings. The minimum atomic E-state index is 0.278. The zero-order chi connectivity index (χ0) is 13.1. The van der Waals surface area contributed by atoms with Crippen molar-refractivity contribution in [3.8, 4) is 5.88 Å². The standard InChI is InChI=1S/C15H17N3O/c1-19-14-8-7-12(10-17-14)18-13-6-2-4-11-5-3-9-16-15(11)13/h3,5,7-10,13,18H,2,4,6H2,1H3. The summed E-state index contributed by atoms with van der Waals surface area (Å²) < 4.78 is 5.06. The predicted molar refractivity (Wildman–Crippen MR) is 74.3 cm³/mol. The molecule has 4 nitrogen and oxygen atoms in total. The molecule has 0 spiro atoms. The number of nitrogens with one attached hydrogen (secondary N) is 1. The van der Waals surface area contributed by atoms with Crippen LogP contribution in [0.25, 0.3) is 0 Å². The number of hydrogen-bond donors (Lipinski definition) is 1. The Morgan fingerprint density at radius 3 is 3.00 bits per heavy atom. The lowest BCUT2D eigenvalue weighted by molar-refractivity contribution is 0.398. The van der Waals surface area contributed by atoms with E-state index < -0.39 is 0 Å². The van der Waals surface area contributed by atoms with Crippen LogP contribution in [0.5, 0.6) is 5.88 Å². The number of hydrogen-bond acceptors (Lipinski definition) is 4. The second-order valence-electron chi connectivity index (χ2n) is 4.73. The summed E-state index contributed by atoms with van der Waals surface area (Å²) in [6.45, 7) is 0. The van der Waals surface area contributed by atoms with Gasteiger partial charge in [-0.2, -0.15) is 0 Å². The molecule has 0 saturated heterocycles. The van der Waals surface area contributed by atoms with Crippen LogP contribution < -0.4 is 10.1 Å². The molecule has 0 aromatic carbocycles. The maximum absolute atomic E-state index is 5.06. The molecule has 0 saturated carbocycles. The molecule has 1 atom stereocenters. The van der Waals surface area contributed by atoms with Gasteiger partial charge >= 0.3 is 0 Å². The lowest BCUT2D eigenvalue weighted by Crippen LogP contribution is -2.18. The van der Waals surface area contributed by atoms with Crippen LogP contribution in [0, 0.1) is 0 Å². The highest BCUT2D eigenvalue weighted by atomic mass is 16.5. The topological polar surface area (TPSA) is 47.0 Å². The average molecular weight is 255 g/mol. The third-order valence-electron chi connectivity index (χ3n) is 3.48. The molecule has 0 fully saturated rings. The van der Waals surface area contributed by atoms with Gasteiger partial charge in [0.1, 0.15) is 0 Å². The minimum absolute atomic E-state index is 0.278. The third-order valence-corrected chi connectivity index (χ3v) is 3.48. The molecule has 1 aliphatic rings. The van der Waals surface area contributed by atoms with Crippen molar-refractivity contribution in [2.45, 2.75) is 25.3 Å². The smallest absolute Gasteiger partial charge is 0.213 e. The third kappa shape index (κ3) is 2.52. The average Bonchev–Trinajstić information content (AvgIpc) is 2.48. The van der Waals surface area contributed by atoms with E-state index in [9.17, 15) is 0 Å². The van der Waals surface area contributed by atoms with Gasteiger partial charge in [-0.15, -0.1) is 0 Å². The SMILES string of the molecule is COc1ccc(NC2CCCc3cccnc32)cn1. The molecular formula is C15H17N3O. The van der Waals surface area contributed by atoms with Crippen molar-refractivity contribution in [3.63, 3.8) is 0 Å². The van der Waals surface area contributed by atoms with Crippen molar-refractivity contribution in [2.75, 3.05) is 12.4 Å². The molecule has 4 heteroatoms. The number of aromatic nitrogens is 2.